The van der Waals surface area contributed by atoms with Crippen LogP contribution in [0, 0.1) is 6.92 Å². The lowest BCUT2D eigenvalue weighted by atomic mass is 10.1. The molecule has 1 N–H and O–H groups in total. The van der Waals surface area contributed by atoms with Crippen LogP contribution in [0.1, 0.15) is 53.2 Å². The van der Waals surface area contributed by atoms with Crippen LogP contribution < -0.4 is 5.56 Å². The molecule has 8 heteroatoms. The fraction of sp³-hybridized carbons (Fsp3) is 0.444. The molecular weight excluding hydrogens is 332 g/mol. The van der Waals surface area contributed by atoms with Gasteiger partial charge in [0.2, 0.25) is 0 Å². The lowest BCUT2D eigenvalue weighted by molar-refractivity contribution is 0.0721. The topological polar surface area (TPSA) is 88.3 Å². The Balaban J connectivity index is 1.75. The smallest absolute Gasteiger partial charge is 0.276 e. The molecule has 3 aromatic heterocycles. The monoisotopic (exact) mass is 354 g/mol. The van der Waals surface area contributed by atoms with Gasteiger partial charge in [-0.15, -0.1) is 0 Å². The molecule has 1 unspecified atom stereocenters. The van der Waals surface area contributed by atoms with E-state index in [0.29, 0.717) is 29.9 Å². The largest absolute Gasteiger partial charge is 0.329 e. The fourth-order valence-electron chi connectivity index (χ4n) is 3.83. The molecule has 8 nitrogen and oxygen atoms in total. The molecule has 0 radical (unpaired) electrons. The predicted molar refractivity (Wildman–Crippen MR) is 96.1 cm³/mol. The van der Waals surface area contributed by atoms with E-state index in [1.54, 1.807) is 24.0 Å². The van der Waals surface area contributed by atoms with Crippen LogP contribution in [0.2, 0.25) is 0 Å². The van der Waals surface area contributed by atoms with Gasteiger partial charge < -0.3 is 4.90 Å². The van der Waals surface area contributed by atoms with Crippen molar-refractivity contribution in [2.45, 2.75) is 39.2 Å². The molecule has 4 heterocycles. The van der Waals surface area contributed by atoms with E-state index >= 15 is 0 Å². The molecule has 0 bridgehead atoms. The molecule has 0 saturated carbocycles. The predicted octanol–water partition coefficient (Wildman–Crippen LogP) is 1.60. The summed E-state index contributed by atoms with van der Waals surface area (Å²) < 4.78 is 3.08. The zero-order chi connectivity index (χ0) is 18.4. The Kier molecular flexibility index (Phi) is 3.90. The van der Waals surface area contributed by atoms with E-state index in [1.807, 2.05) is 24.8 Å². The van der Waals surface area contributed by atoms with Crippen molar-refractivity contribution >= 4 is 11.6 Å². The lowest BCUT2D eigenvalue weighted by Crippen LogP contribution is -2.32. The Labute approximate surface area is 150 Å². The van der Waals surface area contributed by atoms with Crippen LogP contribution >= 0.6 is 0 Å². The highest BCUT2D eigenvalue weighted by Gasteiger charge is 2.33. The number of nitrogens with zero attached hydrogens (tertiary/aromatic N) is 5. The molecule has 1 amide bonds. The van der Waals surface area contributed by atoms with Crippen LogP contribution in [0.25, 0.3) is 5.65 Å². The van der Waals surface area contributed by atoms with Gasteiger partial charge in [-0.25, -0.2) is 9.50 Å². The Hall–Kier alpha value is -2.90. The van der Waals surface area contributed by atoms with E-state index in [2.05, 4.69) is 15.2 Å². The number of hydrogen-bond donors (Lipinski definition) is 1. The molecule has 1 aliphatic heterocycles. The number of aromatic amines is 1. The molecule has 1 saturated heterocycles. The number of rotatable bonds is 3. The van der Waals surface area contributed by atoms with E-state index in [9.17, 15) is 9.59 Å². The first-order valence-corrected chi connectivity index (χ1v) is 8.91. The molecule has 1 aliphatic rings. The normalized spacial score (nSPS) is 17.3. The van der Waals surface area contributed by atoms with Crippen LogP contribution in [0.4, 0.5) is 0 Å². The SMILES string of the molecule is CCc1c(C)nc2cc(C3CCCN3C(=O)c3ccnn3C)[nH]n2c1=O. The Morgan fingerprint density at radius 1 is 1.42 bits per heavy atom. The van der Waals surface area contributed by atoms with Gasteiger partial charge >= 0.3 is 0 Å². The van der Waals surface area contributed by atoms with Crippen LogP contribution in [0.15, 0.2) is 23.1 Å². The summed E-state index contributed by atoms with van der Waals surface area (Å²) in [7, 11) is 1.76. The van der Waals surface area contributed by atoms with Gasteiger partial charge in [-0.2, -0.15) is 5.10 Å². The summed E-state index contributed by atoms with van der Waals surface area (Å²) >= 11 is 0. The van der Waals surface area contributed by atoms with Gasteiger partial charge in [-0.05, 0) is 32.3 Å². The van der Waals surface area contributed by atoms with E-state index in [0.717, 1.165) is 24.2 Å². The van der Waals surface area contributed by atoms with Crippen LogP contribution in [0.3, 0.4) is 0 Å². The number of fused-ring (bicyclic) bond motifs is 1. The fourth-order valence-corrected chi connectivity index (χ4v) is 3.83. The summed E-state index contributed by atoms with van der Waals surface area (Å²) in [6.07, 6.45) is 4.04. The molecule has 4 rings (SSSR count). The first-order valence-electron chi connectivity index (χ1n) is 8.91. The summed E-state index contributed by atoms with van der Waals surface area (Å²) in [4.78, 5) is 32.0. The first-order chi connectivity index (χ1) is 12.5. The molecule has 136 valence electrons. The number of likely N-dealkylation sites (tertiary alicyclic amines) is 1. The second-order valence-corrected chi connectivity index (χ2v) is 6.74. The Morgan fingerprint density at radius 3 is 2.92 bits per heavy atom. The van der Waals surface area contributed by atoms with E-state index < -0.39 is 0 Å². The summed E-state index contributed by atoms with van der Waals surface area (Å²) in [6, 6.07) is 3.52. The van der Waals surface area contributed by atoms with E-state index in [4.69, 9.17) is 0 Å². The minimum absolute atomic E-state index is 0.0445. The van der Waals surface area contributed by atoms with Crippen molar-refractivity contribution in [1.82, 2.24) is 29.3 Å². The number of H-pyrrole nitrogens is 1. The number of carbonyl (C=O) groups is 1. The highest BCUT2D eigenvalue weighted by molar-refractivity contribution is 5.93. The van der Waals surface area contributed by atoms with Crippen molar-refractivity contribution in [2.75, 3.05) is 6.54 Å². The Morgan fingerprint density at radius 2 is 2.23 bits per heavy atom. The standard InChI is InChI=1S/C18H22N6O2/c1-4-12-11(2)20-16-10-13(21-24(16)17(12)25)14-6-5-9-23(14)18(26)15-7-8-19-22(15)3/h7-8,10,14,21H,4-6,9H2,1-3H3. The van der Waals surface area contributed by atoms with Crippen molar-refractivity contribution in [1.29, 1.82) is 0 Å². The summed E-state index contributed by atoms with van der Waals surface area (Å²) in [5, 5.41) is 7.27. The number of aryl methyl sites for hydroxylation is 2. The molecule has 3 aromatic rings. The van der Waals surface area contributed by atoms with Crippen LogP contribution in [-0.4, -0.2) is 41.7 Å². The third-order valence-electron chi connectivity index (χ3n) is 5.20. The van der Waals surface area contributed by atoms with Gasteiger partial charge in [0.25, 0.3) is 11.5 Å². The van der Waals surface area contributed by atoms with Gasteiger partial charge in [0.15, 0.2) is 5.65 Å². The Bertz CT molecular complexity index is 1040. The minimum atomic E-state index is -0.0936. The van der Waals surface area contributed by atoms with Crippen LogP contribution in [-0.2, 0) is 13.5 Å². The number of aromatic nitrogens is 5. The van der Waals surface area contributed by atoms with E-state index in [1.165, 1.54) is 4.52 Å². The summed E-state index contributed by atoms with van der Waals surface area (Å²) in [5.74, 6) is -0.0445. The third kappa shape index (κ3) is 2.44. The van der Waals surface area contributed by atoms with Crippen molar-refractivity contribution in [2.24, 2.45) is 7.05 Å². The highest BCUT2D eigenvalue weighted by atomic mass is 16.2. The van der Waals surface area contributed by atoms with E-state index in [-0.39, 0.29) is 17.5 Å². The molecule has 0 aliphatic carbocycles. The molecule has 0 spiro atoms. The second-order valence-electron chi connectivity index (χ2n) is 6.74. The number of hydrogen-bond acceptors (Lipinski definition) is 4. The number of carbonyl (C=O) groups excluding carboxylic acids is 1. The minimum Gasteiger partial charge on any atom is -0.329 e. The number of amides is 1. The van der Waals surface area contributed by atoms with Gasteiger partial charge in [-0.3, -0.25) is 19.4 Å². The quantitative estimate of drug-likeness (QED) is 0.774. The van der Waals surface area contributed by atoms with Gasteiger partial charge in [0.1, 0.15) is 5.69 Å². The zero-order valence-corrected chi connectivity index (χ0v) is 15.2. The molecule has 1 atom stereocenters. The van der Waals surface area contributed by atoms with Crippen molar-refractivity contribution in [3.63, 3.8) is 0 Å². The van der Waals surface area contributed by atoms with Gasteiger partial charge in [-0.1, -0.05) is 6.92 Å². The third-order valence-corrected chi connectivity index (χ3v) is 5.20. The molecular formula is C18H22N6O2. The maximum absolute atomic E-state index is 12.9. The van der Waals surface area contributed by atoms with Crippen molar-refractivity contribution in [3.8, 4) is 0 Å². The van der Waals surface area contributed by atoms with Gasteiger partial charge in [0, 0.05) is 37.1 Å². The van der Waals surface area contributed by atoms with Crippen molar-refractivity contribution in [3.05, 3.63) is 51.3 Å². The highest BCUT2D eigenvalue weighted by Crippen LogP contribution is 2.32. The van der Waals surface area contributed by atoms with Crippen LogP contribution in [0.5, 0.6) is 0 Å². The summed E-state index contributed by atoms with van der Waals surface area (Å²) in [6.45, 7) is 4.50. The molecule has 1 fully saturated rings. The maximum Gasteiger partial charge on any atom is 0.276 e. The first kappa shape index (κ1) is 16.6. The van der Waals surface area contributed by atoms with Gasteiger partial charge in [0.05, 0.1) is 11.7 Å². The summed E-state index contributed by atoms with van der Waals surface area (Å²) in [5.41, 5.74) is 3.41. The maximum atomic E-state index is 12.9. The zero-order valence-electron chi connectivity index (χ0n) is 15.2. The molecule has 0 aromatic carbocycles. The second kappa shape index (κ2) is 6.12. The average molecular weight is 354 g/mol. The average Bonchev–Trinajstić information content (AvgIpc) is 3.32. The lowest BCUT2D eigenvalue weighted by Gasteiger charge is -2.23. The number of nitrogens with one attached hydrogen (secondary N) is 1. The van der Waals surface area contributed by atoms with Crippen molar-refractivity contribution < 1.29 is 4.79 Å². The molecule has 26 heavy (non-hydrogen) atoms.